The number of rotatable bonds is 8. The summed E-state index contributed by atoms with van der Waals surface area (Å²) in [4.78, 5) is 4.81. The molecule has 0 aliphatic carbocycles. The molecule has 0 fully saturated rings. The van der Waals surface area contributed by atoms with Gasteiger partial charge in [0.05, 0.1) is 11.4 Å². The van der Waals surface area contributed by atoms with Crippen molar-refractivity contribution in [1.82, 2.24) is 0 Å². The second kappa shape index (κ2) is 13.4. The highest BCUT2D eigenvalue weighted by atomic mass is 15.1. The van der Waals surface area contributed by atoms with Gasteiger partial charge in [-0.2, -0.15) is 0 Å². The van der Waals surface area contributed by atoms with E-state index in [9.17, 15) is 0 Å². The second-order valence-corrected chi connectivity index (χ2v) is 13.7. The summed E-state index contributed by atoms with van der Waals surface area (Å²) in [6, 6.07) is 78.9. The Balaban J connectivity index is 1.34. The first-order valence-corrected chi connectivity index (χ1v) is 18.5. The largest absolute Gasteiger partial charge is 0.310 e. The minimum absolute atomic E-state index is 1.11. The molecule has 10 rings (SSSR count). The minimum Gasteiger partial charge on any atom is -0.310 e. The molecule has 0 unspecified atom stereocenters. The van der Waals surface area contributed by atoms with Gasteiger partial charge in [0.2, 0.25) is 0 Å². The third-order valence-electron chi connectivity index (χ3n) is 10.6. The third kappa shape index (κ3) is 5.36. The van der Waals surface area contributed by atoms with Crippen LogP contribution in [0.2, 0.25) is 0 Å². The molecular weight excluding hydrogens is 653 g/mol. The molecule has 2 nitrogen and oxygen atoms in total. The van der Waals surface area contributed by atoms with Gasteiger partial charge < -0.3 is 9.80 Å². The molecule has 0 aliphatic rings. The summed E-state index contributed by atoms with van der Waals surface area (Å²) < 4.78 is 0. The maximum atomic E-state index is 2.42. The summed E-state index contributed by atoms with van der Waals surface area (Å²) in [5.74, 6) is 0. The standard InChI is InChI=1S/C52H36N2/c1-6-18-37(19-7-1)43-28-16-17-29-44(43)48-36-50(54(41-24-12-4-13-25-41)42-26-14-5-15-27-42)47-32-30-38-31-35-49(46-34-33-45(48)52(47)51(38)46)53(39-20-8-2-9-21-39)40-22-10-3-11-23-40/h1-36H. The fourth-order valence-corrected chi connectivity index (χ4v) is 8.22. The van der Waals surface area contributed by atoms with Crippen molar-refractivity contribution in [1.29, 1.82) is 0 Å². The molecule has 254 valence electrons. The van der Waals surface area contributed by atoms with Crippen LogP contribution >= 0.6 is 0 Å². The van der Waals surface area contributed by atoms with Gasteiger partial charge in [0.25, 0.3) is 0 Å². The van der Waals surface area contributed by atoms with E-state index in [1.807, 2.05) is 0 Å². The highest BCUT2D eigenvalue weighted by Gasteiger charge is 2.24. The summed E-state index contributed by atoms with van der Waals surface area (Å²) in [5.41, 5.74) is 11.6. The third-order valence-corrected chi connectivity index (χ3v) is 10.6. The highest BCUT2D eigenvalue weighted by Crippen LogP contribution is 2.50. The molecule has 0 aromatic heterocycles. The summed E-state index contributed by atoms with van der Waals surface area (Å²) in [7, 11) is 0. The van der Waals surface area contributed by atoms with Gasteiger partial charge in [0.15, 0.2) is 0 Å². The number of hydrogen-bond donors (Lipinski definition) is 0. The van der Waals surface area contributed by atoms with Gasteiger partial charge in [-0.3, -0.25) is 0 Å². The first-order valence-electron chi connectivity index (χ1n) is 18.5. The molecule has 10 aromatic rings. The Morgan fingerprint density at radius 3 is 1.22 bits per heavy atom. The van der Waals surface area contributed by atoms with E-state index < -0.39 is 0 Å². The lowest BCUT2D eigenvalue weighted by Crippen LogP contribution is -2.11. The monoisotopic (exact) mass is 688 g/mol. The van der Waals surface area contributed by atoms with Crippen LogP contribution in [0.4, 0.5) is 34.1 Å². The molecule has 0 aliphatic heterocycles. The van der Waals surface area contributed by atoms with Crippen LogP contribution in [0.3, 0.4) is 0 Å². The van der Waals surface area contributed by atoms with Gasteiger partial charge in [-0.25, -0.2) is 0 Å². The molecule has 0 spiro atoms. The molecule has 10 aromatic carbocycles. The Kier molecular flexibility index (Phi) is 7.85. The Bertz CT molecular complexity index is 2770. The van der Waals surface area contributed by atoms with Gasteiger partial charge >= 0.3 is 0 Å². The van der Waals surface area contributed by atoms with Crippen molar-refractivity contribution in [2.45, 2.75) is 0 Å². The quantitative estimate of drug-likeness (QED) is 0.147. The van der Waals surface area contributed by atoms with Crippen molar-refractivity contribution in [3.05, 3.63) is 218 Å². The topological polar surface area (TPSA) is 6.48 Å². The molecule has 0 saturated heterocycles. The van der Waals surface area contributed by atoms with Crippen molar-refractivity contribution >= 4 is 66.4 Å². The van der Waals surface area contributed by atoms with Crippen LogP contribution < -0.4 is 9.80 Å². The molecule has 2 heteroatoms. The molecule has 0 heterocycles. The van der Waals surface area contributed by atoms with Crippen LogP contribution in [0, 0.1) is 0 Å². The summed E-state index contributed by atoms with van der Waals surface area (Å²) in [6.07, 6.45) is 0. The van der Waals surface area contributed by atoms with Gasteiger partial charge in [-0.15, -0.1) is 0 Å². The van der Waals surface area contributed by atoms with Crippen LogP contribution in [0.5, 0.6) is 0 Å². The zero-order chi connectivity index (χ0) is 35.8. The van der Waals surface area contributed by atoms with Crippen molar-refractivity contribution in [2.24, 2.45) is 0 Å². The predicted molar refractivity (Wildman–Crippen MR) is 230 cm³/mol. The molecule has 54 heavy (non-hydrogen) atoms. The Morgan fingerprint density at radius 2 is 0.667 bits per heavy atom. The van der Waals surface area contributed by atoms with Crippen LogP contribution in [0.15, 0.2) is 218 Å². The Morgan fingerprint density at radius 1 is 0.259 bits per heavy atom. The number of nitrogens with zero attached hydrogens (tertiary/aromatic N) is 2. The second-order valence-electron chi connectivity index (χ2n) is 13.7. The van der Waals surface area contributed by atoms with Crippen LogP contribution in [0.1, 0.15) is 0 Å². The normalized spacial score (nSPS) is 11.3. The van der Waals surface area contributed by atoms with E-state index in [1.54, 1.807) is 0 Å². The summed E-state index contributed by atoms with van der Waals surface area (Å²) in [6.45, 7) is 0. The van der Waals surface area contributed by atoms with E-state index in [1.165, 1.54) is 54.6 Å². The van der Waals surface area contributed by atoms with Crippen molar-refractivity contribution in [3.63, 3.8) is 0 Å². The lowest BCUT2D eigenvalue weighted by molar-refractivity contribution is 1.30. The van der Waals surface area contributed by atoms with E-state index in [-0.39, 0.29) is 0 Å². The molecule has 0 radical (unpaired) electrons. The van der Waals surface area contributed by atoms with Crippen LogP contribution in [-0.4, -0.2) is 0 Å². The van der Waals surface area contributed by atoms with E-state index in [0.29, 0.717) is 0 Å². The number of benzene rings is 10. The molecule has 0 bridgehead atoms. The minimum atomic E-state index is 1.11. The van der Waals surface area contributed by atoms with Crippen molar-refractivity contribution < 1.29 is 0 Å². The average Bonchev–Trinajstić information content (AvgIpc) is 3.25. The summed E-state index contributed by atoms with van der Waals surface area (Å²) in [5, 5.41) is 7.40. The molecular formula is C52H36N2. The highest BCUT2D eigenvalue weighted by molar-refractivity contribution is 6.30. The van der Waals surface area contributed by atoms with Gasteiger partial charge in [-0.1, -0.05) is 158 Å². The van der Waals surface area contributed by atoms with Crippen LogP contribution in [0.25, 0.3) is 54.6 Å². The maximum Gasteiger partial charge on any atom is 0.0546 e. The number of anilines is 6. The van der Waals surface area contributed by atoms with Gasteiger partial charge in [0, 0.05) is 38.9 Å². The predicted octanol–water partition coefficient (Wildman–Crippen LogP) is 14.9. The van der Waals surface area contributed by atoms with Gasteiger partial charge in [-0.05, 0) is 99.1 Å². The Hall–Kier alpha value is -7.16. The van der Waals surface area contributed by atoms with Crippen molar-refractivity contribution in [2.75, 3.05) is 9.80 Å². The molecule has 0 saturated carbocycles. The average molecular weight is 689 g/mol. The first-order chi connectivity index (χ1) is 26.8. The van der Waals surface area contributed by atoms with Gasteiger partial charge in [0.1, 0.15) is 0 Å². The van der Waals surface area contributed by atoms with Crippen LogP contribution in [-0.2, 0) is 0 Å². The number of para-hydroxylation sites is 4. The molecule has 0 N–H and O–H groups in total. The lowest BCUT2D eigenvalue weighted by atomic mass is 9.85. The SMILES string of the molecule is c1ccc(-c2ccccc2-c2cc(N(c3ccccc3)c3ccccc3)c3ccc4ccc(N(c5ccccc5)c5ccccc5)c5ccc2c3c45)cc1. The number of hydrogen-bond acceptors (Lipinski definition) is 2. The fraction of sp³-hybridized carbons (Fsp3) is 0. The maximum absolute atomic E-state index is 2.42. The van der Waals surface area contributed by atoms with E-state index in [0.717, 1.165) is 34.1 Å². The zero-order valence-electron chi connectivity index (χ0n) is 29.7. The first kappa shape index (κ1) is 31.6. The lowest BCUT2D eigenvalue weighted by Gasteiger charge is -2.30. The van der Waals surface area contributed by atoms with E-state index in [2.05, 4.69) is 228 Å². The smallest absolute Gasteiger partial charge is 0.0546 e. The molecule has 0 amide bonds. The Labute approximate surface area is 315 Å². The summed E-state index contributed by atoms with van der Waals surface area (Å²) >= 11 is 0. The van der Waals surface area contributed by atoms with E-state index >= 15 is 0 Å². The van der Waals surface area contributed by atoms with Crippen molar-refractivity contribution in [3.8, 4) is 22.3 Å². The molecule has 0 atom stereocenters. The fourth-order valence-electron chi connectivity index (χ4n) is 8.22. The van der Waals surface area contributed by atoms with E-state index in [4.69, 9.17) is 0 Å². The zero-order valence-corrected chi connectivity index (χ0v) is 29.7.